The summed E-state index contributed by atoms with van der Waals surface area (Å²) in [5, 5.41) is 10.2. The van der Waals surface area contributed by atoms with Gasteiger partial charge in [0.05, 0.1) is 12.0 Å². The molecule has 2 rings (SSSR count). The summed E-state index contributed by atoms with van der Waals surface area (Å²) in [6.45, 7) is 5.85. The number of rotatable bonds is 6. The topological polar surface area (TPSA) is 46.5 Å². The number of carboxylic acid groups (broad SMARTS) is 1. The Balaban J connectivity index is 2.35. The molecule has 0 amide bonds. The molecule has 4 heteroatoms. The fraction of sp³-hybridized carbons (Fsp3) is 0.316. The van der Waals surface area contributed by atoms with Gasteiger partial charge in [0.1, 0.15) is 5.75 Å². The van der Waals surface area contributed by atoms with Gasteiger partial charge in [0, 0.05) is 5.02 Å². The molecule has 23 heavy (non-hydrogen) atoms. The van der Waals surface area contributed by atoms with Crippen molar-refractivity contribution in [1.82, 2.24) is 0 Å². The third kappa shape index (κ3) is 4.73. The van der Waals surface area contributed by atoms with Crippen molar-refractivity contribution < 1.29 is 14.6 Å². The van der Waals surface area contributed by atoms with Crippen LogP contribution in [0.15, 0.2) is 42.5 Å². The van der Waals surface area contributed by atoms with Crippen LogP contribution in [0.1, 0.15) is 36.5 Å². The molecule has 2 aromatic rings. The van der Waals surface area contributed by atoms with Gasteiger partial charge < -0.3 is 9.84 Å². The first-order valence-corrected chi connectivity index (χ1v) is 7.99. The highest BCUT2D eigenvalue weighted by Gasteiger charge is 2.22. The van der Waals surface area contributed by atoms with E-state index in [0.717, 1.165) is 16.7 Å². The maximum atomic E-state index is 11.7. The highest BCUT2D eigenvalue weighted by Crippen LogP contribution is 2.30. The van der Waals surface area contributed by atoms with Crippen molar-refractivity contribution in [2.75, 3.05) is 0 Å². The van der Waals surface area contributed by atoms with Gasteiger partial charge in [-0.2, -0.15) is 0 Å². The summed E-state index contributed by atoms with van der Waals surface area (Å²) in [5.74, 6) is -0.810. The van der Waals surface area contributed by atoms with Gasteiger partial charge in [-0.15, -0.1) is 0 Å². The Kier molecular flexibility index (Phi) is 5.67. The number of ether oxygens (including phenoxy) is 1. The molecule has 2 aromatic carbocycles. The standard InChI is InChI=1S/C19H21ClO3/c1-12(2)23-18-9-8-16(20)10-15(18)11-17(19(21)22)14-6-4-13(3)5-7-14/h4-10,12,17H,11H2,1-3H3,(H,21,22). The van der Waals surface area contributed by atoms with E-state index in [0.29, 0.717) is 17.2 Å². The van der Waals surface area contributed by atoms with E-state index in [9.17, 15) is 9.90 Å². The zero-order valence-electron chi connectivity index (χ0n) is 13.5. The van der Waals surface area contributed by atoms with Crippen LogP contribution in [0, 0.1) is 6.92 Å². The molecule has 0 saturated heterocycles. The highest BCUT2D eigenvalue weighted by molar-refractivity contribution is 6.30. The van der Waals surface area contributed by atoms with Crippen LogP contribution < -0.4 is 4.74 Å². The fourth-order valence-corrected chi connectivity index (χ4v) is 2.64. The van der Waals surface area contributed by atoms with Gasteiger partial charge in [0.15, 0.2) is 0 Å². The Hall–Kier alpha value is -2.00. The maximum Gasteiger partial charge on any atom is 0.311 e. The molecule has 0 bridgehead atoms. The van der Waals surface area contributed by atoms with Gasteiger partial charge in [-0.1, -0.05) is 41.4 Å². The molecule has 0 aromatic heterocycles. The Bertz CT molecular complexity index is 678. The van der Waals surface area contributed by atoms with Crippen molar-refractivity contribution in [1.29, 1.82) is 0 Å². The zero-order chi connectivity index (χ0) is 17.0. The summed E-state index contributed by atoms with van der Waals surface area (Å²) in [4.78, 5) is 11.7. The number of aliphatic carboxylic acids is 1. The first-order chi connectivity index (χ1) is 10.9. The van der Waals surface area contributed by atoms with E-state index in [1.807, 2.05) is 45.0 Å². The third-order valence-electron chi connectivity index (χ3n) is 3.59. The van der Waals surface area contributed by atoms with Crippen molar-refractivity contribution in [2.45, 2.75) is 39.2 Å². The Morgan fingerprint density at radius 1 is 1.17 bits per heavy atom. The minimum atomic E-state index is -0.857. The SMILES string of the molecule is Cc1ccc(C(Cc2cc(Cl)ccc2OC(C)C)C(=O)O)cc1. The van der Waals surface area contributed by atoms with Crippen molar-refractivity contribution in [3.05, 3.63) is 64.2 Å². The van der Waals surface area contributed by atoms with Gasteiger partial charge in [0.2, 0.25) is 0 Å². The van der Waals surface area contributed by atoms with Crippen LogP contribution in [0.2, 0.25) is 5.02 Å². The smallest absolute Gasteiger partial charge is 0.311 e. The van der Waals surface area contributed by atoms with E-state index in [2.05, 4.69) is 0 Å². The molecule has 0 aliphatic carbocycles. The van der Waals surface area contributed by atoms with Crippen LogP contribution in [0.5, 0.6) is 5.75 Å². The van der Waals surface area contributed by atoms with E-state index < -0.39 is 11.9 Å². The minimum absolute atomic E-state index is 0.0116. The largest absolute Gasteiger partial charge is 0.491 e. The summed E-state index contributed by atoms with van der Waals surface area (Å²) in [7, 11) is 0. The number of hydrogen-bond acceptors (Lipinski definition) is 2. The van der Waals surface area contributed by atoms with Crippen LogP contribution >= 0.6 is 11.6 Å². The van der Waals surface area contributed by atoms with E-state index in [4.69, 9.17) is 16.3 Å². The number of aryl methyl sites for hydroxylation is 1. The molecule has 1 N–H and O–H groups in total. The number of benzene rings is 2. The minimum Gasteiger partial charge on any atom is -0.491 e. The number of carbonyl (C=O) groups is 1. The van der Waals surface area contributed by atoms with Gasteiger partial charge in [-0.05, 0) is 56.5 Å². The summed E-state index contributed by atoms with van der Waals surface area (Å²) in [6.07, 6.45) is 0.346. The molecule has 0 radical (unpaired) electrons. The molecule has 122 valence electrons. The average molecular weight is 333 g/mol. The van der Waals surface area contributed by atoms with Gasteiger partial charge in [-0.25, -0.2) is 0 Å². The second-order valence-corrected chi connectivity index (χ2v) is 6.36. The normalized spacial score (nSPS) is 12.2. The molecule has 0 heterocycles. The first-order valence-electron chi connectivity index (χ1n) is 7.61. The van der Waals surface area contributed by atoms with E-state index in [1.165, 1.54) is 0 Å². The van der Waals surface area contributed by atoms with Gasteiger partial charge in [-0.3, -0.25) is 4.79 Å². The number of carboxylic acids is 1. The summed E-state index contributed by atoms with van der Waals surface area (Å²) in [6, 6.07) is 12.9. The van der Waals surface area contributed by atoms with Crippen molar-refractivity contribution >= 4 is 17.6 Å². The molecule has 0 spiro atoms. The molecule has 1 unspecified atom stereocenters. The van der Waals surface area contributed by atoms with E-state index in [-0.39, 0.29) is 6.10 Å². The van der Waals surface area contributed by atoms with Gasteiger partial charge >= 0.3 is 5.97 Å². The van der Waals surface area contributed by atoms with Crippen LogP contribution in [-0.4, -0.2) is 17.2 Å². The molecular weight excluding hydrogens is 312 g/mol. The predicted octanol–water partition coefficient (Wildman–Crippen LogP) is 4.85. The lowest BCUT2D eigenvalue weighted by atomic mass is 9.91. The van der Waals surface area contributed by atoms with Crippen LogP contribution in [-0.2, 0) is 11.2 Å². The van der Waals surface area contributed by atoms with E-state index >= 15 is 0 Å². The van der Waals surface area contributed by atoms with Crippen LogP contribution in [0.25, 0.3) is 0 Å². The zero-order valence-corrected chi connectivity index (χ0v) is 14.3. The van der Waals surface area contributed by atoms with Crippen molar-refractivity contribution in [2.24, 2.45) is 0 Å². The second kappa shape index (κ2) is 7.51. The predicted molar refractivity (Wildman–Crippen MR) is 92.5 cm³/mol. The summed E-state index contributed by atoms with van der Waals surface area (Å²) < 4.78 is 5.78. The summed E-state index contributed by atoms with van der Waals surface area (Å²) >= 11 is 6.08. The molecule has 0 saturated carbocycles. The first kappa shape index (κ1) is 17.4. The third-order valence-corrected chi connectivity index (χ3v) is 3.82. The second-order valence-electron chi connectivity index (χ2n) is 5.92. The summed E-state index contributed by atoms with van der Waals surface area (Å²) in [5.41, 5.74) is 2.68. The lowest BCUT2D eigenvalue weighted by Gasteiger charge is -2.18. The Labute approximate surface area is 141 Å². The van der Waals surface area contributed by atoms with Crippen molar-refractivity contribution in [3.63, 3.8) is 0 Å². The molecule has 1 atom stereocenters. The highest BCUT2D eigenvalue weighted by atomic mass is 35.5. The van der Waals surface area contributed by atoms with E-state index in [1.54, 1.807) is 18.2 Å². The molecule has 0 aliphatic heterocycles. The maximum absolute atomic E-state index is 11.7. The monoisotopic (exact) mass is 332 g/mol. The Morgan fingerprint density at radius 3 is 2.39 bits per heavy atom. The molecule has 0 fully saturated rings. The molecular formula is C19H21ClO3. The Morgan fingerprint density at radius 2 is 1.83 bits per heavy atom. The quantitative estimate of drug-likeness (QED) is 0.822. The lowest BCUT2D eigenvalue weighted by molar-refractivity contribution is -0.138. The molecule has 3 nitrogen and oxygen atoms in total. The van der Waals surface area contributed by atoms with Crippen LogP contribution in [0.3, 0.4) is 0 Å². The fourth-order valence-electron chi connectivity index (χ4n) is 2.44. The number of halogens is 1. The molecule has 0 aliphatic rings. The van der Waals surface area contributed by atoms with Crippen LogP contribution in [0.4, 0.5) is 0 Å². The lowest BCUT2D eigenvalue weighted by Crippen LogP contribution is -2.16. The number of hydrogen-bond donors (Lipinski definition) is 1. The average Bonchev–Trinajstić information content (AvgIpc) is 2.47. The van der Waals surface area contributed by atoms with Crippen molar-refractivity contribution in [3.8, 4) is 5.75 Å². The van der Waals surface area contributed by atoms with Gasteiger partial charge in [0.25, 0.3) is 0 Å².